The molecule has 1 aromatic rings. The monoisotopic (exact) mass is 1220 g/mol. The first-order chi connectivity index (χ1) is 41.8. The highest BCUT2D eigenvalue weighted by Gasteiger charge is 2.45. The number of pyridine rings is 1. The van der Waals surface area contributed by atoms with Crippen molar-refractivity contribution in [3.8, 4) is 11.8 Å². The van der Waals surface area contributed by atoms with Gasteiger partial charge in [0.1, 0.15) is 25.6 Å². The van der Waals surface area contributed by atoms with E-state index in [9.17, 15) is 28.0 Å². The van der Waals surface area contributed by atoms with E-state index in [0.29, 0.717) is 96.9 Å². The van der Waals surface area contributed by atoms with Crippen molar-refractivity contribution < 1.29 is 42.1 Å². The summed E-state index contributed by atoms with van der Waals surface area (Å²) in [6.45, 7) is 34.8. The van der Waals surface area contributed by atoms with Crippen LogP contribution in [0.4, 0.5) is 14.5 Å². The van der Waals surface area contributed by atoms with Crippen LogP contribution < -0.4 is 21.1 Å². The number of hydrogen-bond acceptors (Lipinski definition) is 14. The lowest BCUT2D eigenvalue weighted by molar-refractivity contribution is -0.132. The van der Waals surface area contributed by atoms with Crippen LogP contribution >= 0.6 is 0 Å². The zero-order chi connectivity index (χ0) is 62.6. The molecule has 0 bridgehead atoms. The number of morpholine rings is 2. The maximum atomic E-state index is 14.5. The second-order valence-corrected chi connectivity index (χ2v) is 27.4. The van der Waals surface area contributed by atoms with Gasteiger partial charge in [0.25, 0.3) is 5.56 Å². The summed E-state index contributed by atoms with van der Waals surface area (Å²) in [6, 6.07) is 2.72. The standard InChI is InChI=1S/C64H97F2N9O8.C2H6.C2H4/c1-43-31-72(37-59(77)74-41-63(3,4)55-28-58(76)47(26-56(55)74)24-45-10-14-49(65)15-11-45)51(29-67-43)33-70-18-22-82-53(35-70)39-80-20-8-9-21-81-40-54-36-71(19-23-83-54)34-52-30-68-44(2)32-73(52)38-60(78)75-42-64(5,6)61-57(75)27-48(62(79)69(61)7)25-46-12-16-50(66)17-13-46;2*1-2/h26-27,43-46,49-54,67-68H,10-25,28-42H2,1-7H3;1-2H3;1-2H2/t43-,44-,45?,46?,49?,50?,51?,52?,53+,54+;;/m1../s1. The molecule has 0 aromatic carbocycles. The number of aromatic nitrogens is 1. The van der Waals surface area contributed by atoms with E-state index < -0.39 is 12.3 Å². The molecule has 1 aromatic heterocycles. The number of carbonyl (C=O) groups is 3. The number of anilines is 1. The lowest BCUT2D eigenvalue weighted by atomic mass is 9.77. The quantitative estimate of drug-likeness (QED) is 0.0921. The first kappa shape index (κ1) is 68.7. The topological polar surface area (TPSA) is 154 Å². The molecule has 6 fully saturated rings. The van der Waals surface area contributed by atoms with Crippen molar-refractivity contribution in [2.24, 2.45) is 24.3 Å². The van der Waals surface area contributed by atoms with Crippen molar-refractivity contribution in [2.75, 3.05) is 136 Å². The molecule has 10 rings (SSSR count). The number of ketones is 1. The number of rotatable bonds is 18. The Morgan fingerprint density at radius 2 is 1.18 bits per heavy atom. The number of carbonyl (C=O) groups excluding carboxylic acids is 3. The van der Waals surface area contributed by atoms with Crippen LogP contribution in [0, 0.1) is 29.1 Å². The van der Waals surface area contributed by atoms with Gasteiger partial charge in [0, 0.05) is 138 Å². The molecule has 2 N–H and O–H groups in total. The maximum absolute atomic E-state index is 14.5. The number of allylic oxidation sites excluding steroid dienone is 2. The highest BCUT2D eigenvalue weighted by atomic mass is 19.1. The summed E-state index contributed by atoms with van der Waals surface area (Å²) >= 11 is 0. The molecule has 7 heterocycles. The normalized spacial score (nSPS) is 30.5. The van der Waals surface area contributed by atoms with E-state index in [1.54, 1.807) is 4.57 Å². The Bertz CT molecular complexity index is 2670. The summed E-state index contributed by atoms with van der Waals surface area (Å²) < 4.78 is 54.0. The minimum absolute atomic E-state index is 0.00815. The van der Waals surface area contributed by atoms with E-state index in [0.717, 1.165) is 125 Å². The number of alkyl halides is 2. The lowest BCUT2D eigenvalue weighted by Crippen LogP contribution is -2.61. The molecule has 17 nitrogen and oxygen atoms in total. The molecule has 9 aliphatic rings. The van der Waals surface area contributed by atoms with Crippen molar-refractivity contribution in [3.05, 3.63) is 63.8 Å². The third-order valence-corrected chi connectivity index (χ3v) is 19.7. The Kier molecular flexibility index (Phi) is 25.0. The summed E-state index contributed by atoms with van der Waals surface area (Å²) in [6.07, 6.45) is 7.40. The summed E-state index contributed by atoms with van der Waals surface area (Å²) in [5, 5.41) is 7.31. The van der Waals surface area contributed by atoms with Crippen molar-refractivity contribution >= 4 is 23.3 Å². The van der Waals surface area contributed by atoms with Crippen LogP contribution in [-0.4, -0.2) is 227 Å². The van der Waals surface area contributed by atoms with Gasteiger partial charge in [-0.25, -0.2) is 8.78 Å². The second kappa shape index (κ2) is 31.7. The maximum Gasteiger partial charge on any atom is 0.253 e. The molecule has 2 unspecified atom stereocenters. The molecular formula is C68H107F2N9O8. The zero-order valence-electron chi connectivity index (χ0n) is 54.4. The highest BCUT2D eigenvalue weighted by Crippen LogP contribution is 2.46. The van der Waals surface area contributed by atoms with Gasteiger partial charge in [-0.3, -0.25) is 38.8 Å². The number of amides is 2. The third-order valence-electron chi connectivity index (χ3n) is 19.7. The van der Waals surface area contributed by atoms with E-state index in [1.807, 2.05) is 42.8 Å². The Labute approximate surface area is 519 Å². The SMILES string of the molecule is C=C.CC.C[C@@H]1CN(CC(=O)N2CC(C)(C)C3=C2C=C(CC2CCC(F)CC2)C(=O)C3)C(CN2CCO[C@H](COCC#CCOC[C@@H]3CN(CC4CN[C@H](C)CN4CC(=O)N4CC(C)(C)c5c4cc(CC4CCC(F)CC4)c(=O)n5C)CCO3)C2)CN1. The van der Waals surface area contributed by atoms with Crippen molar-refractivity contribution in [2.45, 2.75) is 180 Å². The number of ether oxygens (including phenoxy) is 4. The minimum Gasteiger partial charge on any atom is -0.373 e. The van der Waals surface area contributed by atoms with Gasteiger partial charge in [-0.1, -0.05) is 53.4 Å². The van der Waals surface area contributed by atoms with Crippen molar-refractivity contribution in [1.29, 1.82) is 0 Å². The van der Waals surface area contributed by atoms with Crippen LogP contribution in [0.15, 0.2) is 46.9 Å². The van der Waals surface area contributed by atoms with Crippen LogP contribution in [0.2, 0.25) is 0 Å². The average molecular weight is 1220 g/mol. The Balaban J connectivity index is 0.00000240. The summed E-state index contributed by atoms with van der Waals surface area (Å²) in [7, 11) is 1.83. The highest BCUT2D eigenvalue weighted by molar-refractivity contribution is 6.00. The van der Waals surface area contributed by atoms with Gasteiger partial charge in [0.15, 0.2) is 5.78 Å². The van der Waals surface area contributed by atoms with Gasteiger partial charge in [0.05, 0.1) is 63.1 Å². The molecule has 3 aliphatic carbocycles. The number of hydrogen-bond donors (Lipinski definition) is 2. The lowest BCUT2D eigenvalue weighted by Gasteiger charge is -2.43. The van der Waals surface area contributed by atoms with Gasteiger partial charge >= 0.3 is 0 Å². The van der Waals surface area contributed by atoms with E-state index in [4.69, 9.17) is 18.9 Å². The summed E-state index contributed by atoms with van der Waals surface area (Å²) in [5.41, 5.74) is 4.55. The fourth-order valence-electron chi connectivity index (χ4n) is 15.1. The molecular weight excluding hydrogens is 1110 g/mol. The molecule has 2 saturated carbocycles. The van der Waals surface area contributed by atoms with E-state index >= 15 is 0 Å². The number of piperazine rings is 2. The number of nitrogens with zero attached hydrogens (tertiary/aromatic N) is 7. The number of fused-ring (bicyclic) bond motifs is 1. The fraction of sp³-hybridized carbons (Fsp3) is 0.765. The second-order valence-electron chi connectivity index (χ2n) is 27.4. The van der Waals surface area contributed by atoms with Crippen LogP contribution in [0.5, 0.6) is 0 Å². The summed E-state index contributed by atoms with van der Waals surface area (Å²) in [4.78, 5) is 69.3. The minimum atomic E-state index is -0.745. The predicted octanol–water partition coefficient (Wildman–Crippen LogP) is 6.61. The molecule has 19 heteroatoms. The van der Waals surface area contributed by atoms with E-state index in [1.165, 1.54) is 0 Å². The molecule has 6 aliphatic heterocycles. The Hall–Kier alpha value is -4.20. The van der Waals surface area contributed by atoms with Crippen molar-refractivity contribution in [3.63, 3.8) is 0 Å². The largest absolute Gasteiger partial charge is 0.373 e. The van der Waals surface area contributed by atoms with Gasteiger partial charge in [-0.2, -0.15) is 0 Å². The number of halogens is 2. The zero-order valence-corrected chi connectivity index (χ0v) is 54.4. The van der Waals surface area contributed by atoms with Crippen molar-refractivity contribution in [1.82, 2.24) is 39.7 Å². The molecule has 0 spiro atoms. The van der Waals surface area contributed by atoms with Gasteiger partial charge in [-0.15, -0.1) is 13.2 Å². The van der Waals surface area contributed by atoms with Gasteiger partial charge in [-0.05, 0) is 113 Å². The molecule has 0 radical (unpaired) electrons. The predicted molar refractivity (Wildman–Crippen MR) is 339 cm³/mol. The Morgan fingerprint density at radius 3 is 1.70 bits per heavy atom. The Morgan fingerprint density at radius 1 is 0.701 bits per heavy atom. The molecule has 486 valence electrons. The smallest absolute Gasteiger partial charge is 0.253 e. The first-order valence-electron chi connectivity index (χ1n) is 33.1. The van der Waals surface area contributed by atoms with Gasteiger partial charge < -0.3 is 43.9 Å². The molecule has 6 atom stereocenters. The third kappa shape index (κ3) is 17.9. The van der Waals surface area contributed by atoms with E-state index in [-0.39, 0.29) is 96.0 Å². The number of Topliss-reactive ketones (excluding diaryl/α,β-unsaturated/α-hetero) is 1. The average Bonchev–Trinajstić information content (AvgIpc) is 2.04. The van der Waals surface area contributed by atoms with E-state index in [2.05, 4.69) is 96.8 Å². The molecule has 2 amide bonds. The molecule has 87 heavy (non-hydrogen) atoms. The number of nitrogens with one attached hydrogen (secondary N) is 2. The summed E-state index contributed by atoms with van der Waals surface area (Å²) in [5.74, 6) is 7.08. The van der Waals surface area contributed by atoms with Gasteiger partial charge in [0.2, 0.25) is 11.8 Å². The first-order valence-corrected chi connectivity index (χ1v) is 33.1. The van der Waals surface area contributed by atoms with Crippen LogP contribution in [0.3, 0.4) is 0 Å². The molecule has 4 saturated heterocycles. The van der Waals surface area contributed by atoms with Crippen LogP contribution in [0.25, 0.3) is 0 Å². The van der Waals surface area contributed by atoms with Crippen LogP contribution in [-0.2, 0) is 52.2 Å². The van der Waals surface area contributed by atoms with Crippen LogP contribution in [0.1, 0.15) is 131 Å². The fourth-order valence-corrected chi connectivity index (χ4v) is 15.1.